The van der Waals surface area contributed by atoms with Crippen molar-refractivity contribution >= 4 is 18.5 Å². The molecule has 0 aromatic carbocycles. The monoisotopic (exact) mass is 290 g/mol. The van der Waals surface area contributed by atoms with Crippen LogP contribution < -0.4 is 4.52 Å². The molecule has 1 N–H and O–H groups in total. The molecule has 0 amide bonds. The van der Waals surface area contributed by atoms with Crippen molar-refractivity contribution in [3.63, 3.8) is 0 Å². The van der Waals surface area contributed by atoms with Crippen molar-refractivity contribution in [2.45, 2.75) is 46.1 Å². The number of rotatable bonds is 4. The first-order chi connectivity index (χ1) is 8.10. The highest BCUT2D eigenvalue weighted by molar-refractivity contribution is 8.07. The van der Waals surface area contributed by atoms with Gasteiger partial charge >= 0.3 is 6.72 Å². The molecule has 0 bridgehead atoms. The molecule has 1 aromatic heterocycles. The summed E-state index contributed by atoms with van der Waals surface area (Å²) >= 11 is 4.87. The third-order valence-electron chi connectivity index (χ3n) is 1.86. The van der Waals surface area contributed by atoms with Gasteiger partial charge in [-0.05, 0) is 13.8 Å². The Labute approximate surface area is 113 Å². The van der Waals surface area contributed by atoms with Gasteiger partial charge in [0.1, 0.15) is 5.82 Å². The largest absolute Gasteiger partial charge is 0.421 e. The molecule has 0 spiro atoms. The summed E-state index contributed by atoms with van der Waals surface area (Å²) < 4.78 is 10.4. The molecule has 1 unspecified atom stereocenters. The standard InChI is InChI=1S/C11H19N2O3PS/c1-8(2)15-17(14,18)16-9-6-12-10(13-7-9)11(3,4)5/h6-8H,1-5H3,(H,14,18). The van der Waals surface area contributed by atoms with Crippen LogP contribution in [0.25, 0.3) is 0 Å². The third kappa shape index (κ3) is 4.98. The van der Waals surface area contributed by atoms with Gasteiger partial charge in [0, 0.05) is 17.2 Å². The van der Waals surface area contributed by atoms with Gasteiger partial charge in [-0.1, -0.05) is 20.8 Å². The van der Waals surface area contributed by atoms with E-state index in [-0.39, 0.29) is 11.5 Å². The summed E-state index contributed by atoms with van der Waals surface area (Å²) in [6.45, 7) is 6.33. The van der Waals surface area contributed by atoms with Gasteiger partial charge in [0.15, 0.2) is 5.75 Å². The maximum absolute atomic E-state index is 9.79. The Balaban J connectivity index is 2.78. The molecule has 1 atom stereocenters. The first kappa shape index (κ1) is 15.5. The number of nitrogens with zero attached hydrogens (tertiary/aromatic N) is 2. The van der Waals surface area contributed by atoms with Gasteiger partial charge in [0.05, 0.1) is 18.5 Å². The zero-order valence-electron chi connectivity index (χ0n) is 11.2. The lowest BCUT2D eigenvalue weighted by Gasteiger charge is -2.19. The van der Waals surface area contributed by atoms with Crippen molar-refractivity contribution in [1.82, 2.24) is 9.97 Å². The third-order valence-corrected chi connectivity index (χ3v) is 3.48. The lowest BCUT2D eigenvalue weighted by Crippen LogP contribution is -2.15. The highest BCUT2D eigenvalue weighted by atomic mass is 32.5. The van der Waals surface area contributed by atoms with E-state index in [1.165, 1.54) is 12.4 Å². The maximum atomic E-state index is 9.79. The number of hydrogen-bond donors (Lipinski definition) is 1. The van der Waals surface area contributed by atoms with E-state index in [2.05, 4.69) is 9.97 Å². The molecule has 0 aliphatic rings. The van der Waals surface area contributed by atoms with Gasteiger partial charge in [-0.25, -0.2) is 9.97 Å². The van der Waals surface area contributed by atoms with Crippen molar-refractivity contribution < 1.29 is 13.9 Å². The predicted octanol–water partition coefficient (Wildman–Crippen LogP) is 2.79. The highest BCUT2D eigenvalue weighted by Crippen LogP contribution is 2.45. The molecule has 1 aromatic rings. The molecule has 18 heavy (non-hydrogen) atoms. The summed E-state index contributed by atoms with van der Waals surface area (Å²) in [5.41, 5.74) is -0.133. The van der Waals surface area contributed by atoms with Crippen LogP contribution in [0.5, 0.6) is 5.75 Å². The summed E-state index contributed by atoms with van der Waals surface area (Å²) in [5, 5.41) is 0. The first-order valence-electron chi connectivity index (χ1n) is 5.63. The molecule has 0 aliphatic carbocycles. The smallest absolute Gasteiger partial charge is 0.378 e. The molecule has 0 radical (unpaired) electrons. The molecule has 0 fully saturated rings. The van der Waals surface area contributed by atoms with E-state index in [0.29, 0.717) is 11.6 Å². The molecular formula is C11H19N2O3PS. The zero-order valence-corrected chi connectivity index (χ0v) is 13.0. The second kappa shape index (κ2) is 5.61. The van der Waals surface area contributed by atoms with E-state index in [1.807, 2.05) is 20.8 Å². The molecular weight excluding hydrogens is 271 g/mol. The fourth-order valence-electron chi connectivity index (χ4n) is 1.17. The second-order valence-electron chi connectivity index (χ2n) is 5.21. The van der Waals surface area contributed by atoms with Crippen LogP contribution in [0.3, 0.4) is 0 Å². The van der Waals surface area contributed by atoms with Crippen LogP contribution in [0.15, 0.2) is 12.4 Å². The minimum atomic E-state index is -3.27. The summed E-state index contributed by atoms with van der Waals surface area (Å²) in [7, 11) is 0. The fraction of sp³-hybridized carbons (Fsp3) is 0.636. The SMILES string of the molecule is CC(C)OP(O)(=S)Oc1cnc(C(C)(C)C)nc1. The molecule has 0 aliphatic heterocycles. The molecule has 7 heteroatoms. The van der Waals surface area contributed by atoms with E-state index in [0.717, 1.165) is 0 Å². The van der Waals surface area contributed by atoms with Gasteiger partial charge in [-0.15, -0.1) is 0 Å². The van der Waals surface area contributed by atoms with Crippen LogP contribution in [0.2, 0.25) is 0 Å². The highest BCUT2D eigenvalue weighted by Gasteiger charge is 2.21. The van der Waals surface area contributed by atoms with E-state index >= 15 is 0 Å². The van der Waals surface area contributed by atoms with Crippen molar-refractivity contribution in [3.8, 4) is 5.75 Å². The van der Waals surface area contributed by atoms with Crippen molar-refractivity contribution in [2.24, 2.45) is 0 Å². The molecule has 0 saturated carbocycles. The maximum Gasteiger partial charge on any atom is 0.378 e. The minimum absolute atomic E-state index is 0.133. The normalized spacial score (nSPS) is 15.5. The molecule has 102 valence electrons. The predicted molar refractivity (Wildman–Crippen MR) is 74.1 cm³/mol. The van der Waals surface area contributed by atoms with Crippen molar-refractivity contribution in [3.05, 3.63) is 18.2 Å². The molecule has 1 heterocycles. The van der Waals surface area contributed by atoms with Crippen LogP contribution >= 0.6 is 6.72 Å². The lowest BCUT2D eigenvalue weighted by molar-refractivity contribution is 0.202. The van der Waals surface area contributed by atoms with Gasteiger partial charge < -0.3 is 9.42 Å². The van der Waals surface area contributed by atoms with Crippen LogP contribution in [-0.2, 0) is 21.7 Å². The van der Waals surface area contributed by atoms with Crippen LogP contribution in [-0.4, -0.2) is 21.0 Å². The van der Waals surface area contributed by atoms with Gasteiger partial charge in [-0.3, -0.25) is 4.52 Å². The molecule has 1 rings (SSSR count). The van der Waals surface area contributed by atoms with Gasteiger partial charge in [0.2, 0.25) is 0 Å². The first-order valence-corrected chi connectivity index (χ1v) is 8.22. The van der Waals surface area contributed by atoms with Crippen molar-refractivity contribution in [1.29, 1.82) is 0 Å². The second-order valence-corrected chi connectivity index (χ2v) is 7.92. The average Bonchev–Trinajstić information content (AvgIpc) is 2.13. The molecule has 0 saturated heterocycles. The van der Waals surface area contributed by atoms with E-state index in [4.69, 9.17) is 20.9 Å². The zero-order chi connectivity index (χ0) is 14.0. The van der Waals surface area contributed by atoms with Crippen LogP contribution in [0, 0.1) is 0 Å². The Morgan fingerprint density at radius 3 is 2.17 bits per heavy atom. The summed E-state index contributed by atoms with van der Waals surface area (Å²) in [6.07, 6.45) is 2.79. The minimum Gasteiger partial charge on any atom is -0.421 e. The van der Waals surface area contributed by atoms with E-state index in [9.17, 15) is 4.89 Å². The average molecular weight is 290 g/mol. The summed E-state index contributed by atoms with van der Waals surface area (Å²) in [5.74, 6) is 1.01. The van der Waals surface area contributed by atoms with Crippen molar-refractivity contribution in [2.75, 3.05) is 0 Å². The summed E-state index contributed by atoms with van der Waals surface area (Å²) in [4.78, 5) is 18.2. The molecule has 5 nitrogen and oxygen atoms in total. The number of aromatic nitrogens is 2. The van der Waals surface area contributed by atoms with Gasteiger partial charge in [-0.2, -0.15) is 0 Å². The Kier molecular flexibility index (Phi) is 4.84. The Hall–Kier alpha value is -0.550. The van der Waals surface area contributed by atoms with E-state index < -0.39 is 6.72 Å². The van der Waals surface area contributed by atoms with Crippen LogP contribution in [0.4, 0.5) is 0 Å². The van der Waals surface area contributed by atoms with E-state index in [1.54, 1.807) is 13.8 Å². The quantitative estimate of drug-likeness (QED) is 0.860. The number of hydrogen-bond acceptors (Lipinski definition) is 5. The summed E-state index contributed by atoms with van der Waals surface area (Å²) in [6, 6.07) is 0. The Bertz CT molecular complexity index is 443. The fourth-order valence-corrected chi connectivity index (χ4v) is 2.88. The van der Waals surface area contributed by atoms with Gasteiger partial charge in [0.25, 0.3) is 0 Å². The van der Waals surface area contributed by atoms with Crippen LogP contribution in [0.1, 0.15) is 40.4 Å². The Morgan fingerprint density at radius 2 is 1.78 bits per heavy atom. The topological polar surface area (TPSA) is 64.5 Å². The lowest BCUT2D eigenvalue weighted by atomic mass is 9.96. The Morgan fingerprint density at radius 1 is 1.28 bits per heavy atom.